The lowest BCUT2D eigenvalue weighted by Crippen LogP contribution is -2.36. The molecule has 0 radical (unpaired) electrons. The smallest absolute Gasteiger partial charge is 0.266 e. The van der Waals surface area contributed by atoms with Gasteiger partial charge in [-0.2, -0.15) is 0 Å². The van der Waals surface area contributed by atoms with Crippen molar-refractivity contribution in [2.45, 2.75) is 18.2 Å². The molecule has 0 fully saturated rings. The molecule has 1 aromatic heterocycles. The van der Waals surface area contributed by atoms with Gasteiger partial charge in [0.15, 0.2) is 0 Å². The van der Waals surface area contributed by atoms with Crippen molar-refractivity contribution in [3.05, 3.63) is 28.4 Å². The average molecular weight is 504 g/mol. The molecule has 1 aromatic carbocycles. The van der Waals surface area contributed by atoms with Crippen LogP contribution < -0.4 is 15.2 Å². The Hall–Kier alpha value is -1.18. The number of hydrogen-bond acceptors (Lipinski definition) is 5. The first-order valence-corrected chi connectivity index (χ1v) is 11.6. The maximum Gasteiger partial charge on any atom is 0.266 e. The highest BCUT2D eigenvalue weighted by Crippen LogP contribution is 2.29. The fourth-order valence-corrected chi connectivity index (χ4v) is 5.25. The highest BCUT2D eigenvalue weighted by molar-refractivity contribution is 9.10. The number of nitrogens with one attached hydrogen (secondary N) is 3. The van der Waals surface area contributed by atoms with Crippen LogP contribution in [0.25, 0.3) is 10.9 Å². The summed E-state index contributed by atoms with van der Waals surface area (Å²) in [5, 5.41) is 0.298. The number of fused-ring (bicyclic) bond motifs is 1. The molecule has 0 unspecified atom stereocenters. The van der Waals surface area contributed by atoms with Gasteiger partial charge in [-0.05, 0) is 24.6 Å². The largest absolute Gasteiger partial charge is 0.364 e. The molecule has 27 heavy (non-hydrogen) atoms. The molecule has 1 amide bonds. The van der Waals surface area contributed by atoms with Gasteiger partial charge in [-0.3, -0.25) is 4.79 Å². The number of H-pyrrole nitrogens is 1. The summed E-state index contributed by atoms with van der Waals surface area (Å²) in [5.74, 6) is -0.955. The van der Waals surface area contributed by atoms with Crippen molar-refractivity contribution in [1.82, 2.24) is 14.4 Å². The van der Waals surface area contributed by atoms with Crippen LogP contribution in [-0.2, 0) is 20.0 Å². The SMILES string of the molecule is CCCS(=O)(=O)NCCNS(=O)(=O)c1c(C(N)=O)[nH]c2ccc(Br)cc12.Cl. The van der Waals surface area contributed by atoms with E-state index in [-0.39, 0.29) is 41.8 Å². The molecule has 152 valence electrons. The fourth-order valence-electron chi connectivity index (χ4n) is 2.40. The summed E-state index contributed by atoms with van der Waals surface area (Å²) in [4.78, 5) is 14.1. The lowest BCUT2D eigenvalue weighted by atomic mass is 10.2. The van der Waals surface area contributed by atoms with Crippen molar-refractivity contribution >= 4 is 65.2 Å². The third-order valence-electron chi connectivity index (χ3n) is 3.44. The predicted octanol–water partition coefficient (Wildman–Crippen LogP) is 1.06. The lowest BCUT2D eigenvalue weighted by Gasteiger charge is -2.09. The van der Waals surface area contributed by atoms with Crippen LogP contribution >= 0.6 is 28.3 Å². The van der Waals surface area contributed by atoms with Crippen LogP contribution in [0.15, 0.2) is 27.6 Å². The summed E-state index contributed by atoms with van der Waals surface area (Å²) in [7, 11) is -7.54. The fraction of sp³-hybridized carbons (Fsp3) is 0.357. The van der Waals surface area contributed by atoms with Crippen molar-refractivity contribution in [2.24, 2.45) is 5.73 Å². The number of primary amides is 1. The van der Waals surface area contributed by atoms with Crippen molar-refractivity contribution in [1.29, 1.82) is 0 Å². The molecule has 13 heteroatoms. The van der Waals surface area contributed by atoms with E-state index in [1.54, 1.807) is 25.1 Å². The number of benzene rings is 1. The number of nitrogens with two attached hydrogens (primary N) is 1. The number of aromatic amines is 1. The van der Waals surface area contributed by atoms with E-state index in [9.17, 15) is 21.6 Å². The van der Waals surface area contributed by atoms with E-state index in [2.05, 4.69) is 30.4 Å². The summed E-state index contributed by atoms with van der Waals surface area (Å²) in [6.07, 6.45) is 0.452. The molecule has 9 nitrogen and oxygen atoms in total. The Balaban J connectivity index is 0.00000364. The molecule has 2 rings (SSSR count). The zero-order chi connectivity index (χ0) is 19.5. The second kappa shape index (κ2) is 9.34. The predicted molar refractivity (Wildman–Crippen MR) is 109 cm³/mol. The van der Waals surface area contributed by atoms with E-state index in [0.29, 0.717) is 21.8 Å². The number of sulfonamides is 2. The second-order valence-electron chi connectivity index (χ2n) is 5.49. The van der Waals surface area contributed by atoms with Gasteiger partial charge in [-0.15, -0.1) is 12.4 Å². The Labute approximate surface area is 172 Å². The van der Waals surface area contributed by atoms with Gasteiger partial charge in [0.25, 0.3) is 5.91 Å². The monoisotopic (exact) mass is 502 g/mol. The highest BCUT2D eigenvalue weighted by Gasteiger charge is 2.27. The summed E-state index contributed by atoms with van der Waals surface area (Å²) in [6, 6.07) is 4.86. The van der Waals surface area contributed by atoms with Gasteiger partial charge in [0.2, 0.25) is 20.0 Å². The molecule has 0 aliphatic heterocycles. The lowest BCUT2D eigenvalue weighted by molar-refractivity contribution is 0.0993. The van der Waals surface area contributed by atoms with Gasteiger partial charge in [-0.25, -0.2) is 26.3 Å². The number of amides is 1. The van der Waals surface area contributed by atoms with Crippen LogP contribution in [0.4, 0.5) is 0 Å². The number of hydrogen-bond donors (Lipinski definition) is 4. The average Bonchev–Trinajstić information content (AvgIpc) is 2.91. The van der Waals surface area contributed by atoms with E-state index in [4.69, 9.17) is 5.73 Å². The molecule has 0 bridgehead atoms. The maximum atomic E-state index is 12.7. The molecule has 0 atom stereocenters. The van der Waals surface area contributed by atoms with Crippen LogP contribution in [0.2, 0.25) is 0 Å². The number of aromatic nitrogens is 1. The first-order chi connectivity index (χ1) is 12.1. The van der Waals surface area contributed by atoms with E-state index < -0.39 is 26.0 Å². The molecule has 1 heterocycles. The van der Waals surface area contributed by atoms with Gasteiger partial charge in [0.05, 0.1) is 5.75 Å². The van der Waals surface area contributed by atoms with Gasteiger partial charge < -0.3 is 10.7 Å². The Morgan fingerprint density at radius 1 is 1.19 bits per heavy atom. The zero-order valence-electron chi connectivity index (χ0n) is 14.3. The van der Waals surface area contributed by atoms with Gasteiger partial charge in [0.1, 0.15) is 10.6 Å². The summed E-state index contributed by atoms with van der Waals surface area (Å²) >= 11 is 3.26. The van der Waals surface area contributed by atoms with Crippen LogP contribution in [0.1, 0.15) is 23.8 Å². The topological polar surface area (TPSA) is 151 Å². The Morgan fingerprint density at radius 2 is 1.81 bits per heavy atom. The number of carbonyl (C=O) groups is 1. The van der Waals surface area contributed by atoms with Crippen molar-refractivity contribution in [3.8, 4) is 0 Å². The molecular weight excluding hydrogens is 484 g/mol. The second-order valence-corrected chi connectivity index (χ2v) is 10.0. The van der Waals surface area contributed by atoms with E-state index in [1.807, 2.05) is 0 Å². The molecule has 0 aliphatic rings. The molecular formula is C14H20BrClN4O5S2. The Bertz CT molecular complexity index is 1040. The minimum atomic E-state index is -4.10. The van der Waals surface area contributed by atoms with Crippen LogP contribution in [-0.4, -0.2) is 46.6 Å². The molecule has 0 saturated heterocycles. The summed E-state index contributed by atoms with van der Waals surface area (Å²) < 4.78 is 53.7. The standard InChI is InChI=1S/C14H19BrN4O5S2.ClH/c1-2-7-25(21,22)17-5-6-18-26(23,24)13-10-8-9(15)3-4-11(10)19-12(13)14(16)20;/h3-4,8,17-19H,2,5-7H2,1H3,(H2,16,20);1H. The Kier molecular flexibility index (Phi) is 8.26. The zero-order valence-corrected chi connectivity index (χ0v) is 18.3. The third kappa shape index (κ3) is 5.90. The van der Waals surface area contributed by atoms with Gasteiger partial charge in [0, 0.05) is 28.5 Å². The van der Waals surface area contributed by atoms with Crippen LogP contribution in [0, 0.1) is 0 Å². The molecule has 0 spiro atoms. The van der Waals surface area contributed by atoms with Crippen molar-refractivity contribution < 1.29 is 21.6 Å². The number of rotatable bonds is 9. The molecule has 0 saturated carbocycles. The number of carbonyl (C=O) groups excluding carboxylic acids is 1. The normalized spacial score (nSPS) is 12.1. The highest BCUT2D eigenvalue weighted by atomic mass is 79.9. The van der Waals surface area contributed by atoms with Crippen molar-refractivity contribution in [3.63, 3.8) is 0 Å². The van der Waals surface area contributed by atoms with E-state index >= 15 is 0 Å². The summed E-state index contributed by atoms with van der Waals surface area (Å²) in [5.41, 5.74) is 5.49. The van der Waals surface area contributed by atoms with E-state index in [0.717, 1.165) is 0 Å². The molecule has 0 aliphatic carbocycles. The minimum absolute atomic E-state index is 0. The molecule has 5 N–H and O–H groups in total. The van der Waals surface area contributed by atoms with Crippen LogP contribution in [0.5, 0.6) is 0 Å². The Morgan fingerprint density at radius 3 is 2.41 bits per heavy atom. The number of halogens is 2. The van der Waals surface area contributed by atoms with Crippen LogP contribution in [0.3, 0.4) is 0 Å². The molecule has 2 aromatic rings. The van der Waals surface area contributed by atoms with E-state index in [1.165, 1.54) is 0 Å². The van der Waals surface area contributed by atoms with Gasteiger partial charge in [-0.1, -0.05) is 22.9 Å². The summed E-state index contributed by atoms with van der Waals surface area (Å²) in [6.45, 7) is 1.44. The third-order valence-corrected chi connectivity index (χ3v) is 7.07. The minimum Gasteiger partial charge on any atom is -0.364 e. The first kappa shape index (κ1) is 23.9. The van der Waals surface area contributed by atoms with Crippen molar-refractivity contribution in [2.75, 3.05) is 18.8 Å². The first-order valence-electron chi connectivity index (χ1n) is 7.65. The maximum absolute atomic E-state index is 12.7. The van der Waals surface area contributed by atoms with Gasteiger partial charge >= 0.3 is 0 Å². The quantitative estimate of drug-likeness (QED) is 0.377.